The lowest BCUT2D eigenvalue weighted by molar-refractivity contribution is -0.135. The van der Waals surface area contributed by atoms with Crippen molar-refractivity contribution in [2.24, 2.45) is 0 Å². The van der Waals surface area contributed by atoms with Crippen molar-refractivity contribution in [3.05, 3.63) is 12.2 Å². The fourth-order valence-corrected chi connectivity index (χ4v) is 2.45. The van der Waals surface area contributed by atoms with Crippen LogP contribution in [0, 0.1) is 0 Å². The number of carbonyl (C=O) groups excluding carboxylic acids is 2. The lowest BCUT2D eigenvalue weighted by Crippen LogP contribution is -2.46. The van der Waals surface area contributed by atoms with Gasteiger partial charge in [0, 0.05) is 19.0 Å². The Kier molecular flexibility index (Phi) is 4.36. The van der Waals surface area contributed by atoms with Gasteiger partial charge < -0.3 is 10.2 Å². The highest BCUT2D eigenvalue weighted by molar-refractivity contribution is 5.90. The first-order chi connectivity index (χ1) is 9.56. The molecular weight excluding hydrogens is 258 g/mol. The van der Waals surface area contributed by atoms with Gasteiger partial charge in [-0.25, -0.2) is 9.67 Å². The van der Waals surface area contributed by atoms with Crippen LogP contribution in [-0.4, -0.2) is 43.6 Å². The Morgan fingerprint density at radius 1 is 1.40 bits per heavy atom. The molecule has 1 aliphatic rings. The van der Waals surface area contributed by atoms with E-state index in [-0.39, 0.29) is 17.9 Å². The van der Waals surface area contributed by atoms with Crippen molar-refractivity contribution in [2.45, 2.75) is 58.8 Å². The van der Waals surface area contributed by atoms with E-state index in [4.69, 9.17) is 0 Å². The van der Waals surface area contributed by atoms with E-state index in [2.05, 4.69) is 15.4 Å². The number of aryl methyl sites for hydroxylation is 1. The van der Waals surface area contributed by atoms with E-state index in [1.54, 1.807) is 9.58 Å². The summed E-state index contributed by atoms with van der Waals surface area (Å²) in [4.78, 5) is 30.2. The molecule has 1 aromatic rings. The Hall–Kier alpha value is -1.92. The highest BCUT2D eigenvalue weighted by atomic mass is 16.2. The van der Waals surface area contributed by atoms with E-state index >= 15 is 0 Å². The molecule has 1 aliphatic heterocycles. The molecule has 0 aromatic carbocycles. The summed E-state index contributed by atoms with van der Waals surface area (Å²) >= 11 is 0. The molecule has 0 radical (unpaired) electrons. The summed E-state index contributed by atoms with van der Waals surface area (Å²) in [6, 6.07) is -0.577. The largest absolute Gasteiger partial charge is 0.344 e. The molecule has 1 aromatic heterocycles. The van der Waals surface area contributed by atoms with E-state index in [0.29, 0.717) is 25.9 Å². The van der Waals surface area contributed by atoms with Gasteiger partial charge in [-0.05, 0) is 20.3 Å². The maximum Gasteiger partial charge on any atom is 0.245 e. The van der Waals surface area contributed by atoms with E-state index in [1.807, 2.05) is 20.8 Å². The van der Waals surface area contributed by atoms with Crippen LogP contribution in [0.2, 0.25) is 0 Å². The maximum atomic E-state index is 12.5. The molecular formula is C13H21N5O2. The highest BCUT2D eigenvalue weighted by Gasteiger charge is 2.33. The number of rotatable bonds is 4. The lowest BCUT2D eigenvalue weighted by atomic mass is 10.1. The van der Waals surface area contributed by atoms with Crippen LogP contribution in [0.1, 0.15) is 39.4 Å². The maximum absolute atomic E-state index is 12.5. The molecule has 0 bridgehead atoms. The summed E-state index contributed by atoms with van der Waals surface area (Å²) in [7, 11) is 0. The van der Waals surface area contributed by atoms with Gasteiger partial charge >= 0.3 is 0 Å². The smallest absolute Gasteiger partial charge is 0.245 e. The molecule has 1 saturated heterocycles. The second kappa shape index (κ2) is 6.02. The van der Waals surface area contributed by atoms with Crippen LogP contribution in [0.4, 0.5) is 0 Å². The molecule has 110 valence electrons. The lowest BCUT2D eigenvalue weighted by Gasteiger charge is -2.28. The molecule has 1 fully saturated rings. The van der Waals surface area contributed by atoms with Crippen LogP contribution in [0.3, 0.4) is 0 Å². The second-order valence-corrected chi connectivity index (χ2v) is 5.04. The minimum Gasteiger partial charge on any atom is -0.344 e. The van der Waals surface area contributed by atoms with Crippen molar-refractivity contribution >= 4 is 11.8 Å². The number of amides is 2. The average molecular weight is 279 g/mol. The topological polar surface area (TPSA) is 80.1 Å². The SMILES string of the molecule is CCC1NC(=O)CC(C)N(Cc2ncnn2CC)C1=O. The molecule has 7 heteroatoms. The number of nitrogens with one attached hydrogen (secondary N) is 1. The monoisotopic (exact) mass is 279 g/mol. The second-order valence-electron chi connectivity index (χ2n) is 5.04. The quantitative estimate of drug-likeness (QED) is 0.860. The molecule has 2 heterocycles. The van der Waals surface area contributed by atoms with Gasteiger partial charge in [-0.3, -0.25) is 9.59 Å². The summed E-state index contributed by atoms with van der Waals surface area (Å²) in [5, 5.41) is 6.89. The van der Waals surface area contributed by atoms with Gasteiger partial charge in [0.25, 0.3) is 0 Å². The van der Waals surface area contributed by atoms with E-state index in [1.165, 1.54) is 6.33 Å². The zero-order valence-electron chi connectivity index (χ0n) is 12.2. The molecule has 0 saturated carbocycles. The number of nitrogens with zero attached hydrogens (tertiary/aromatic N) is 4. The number of carbonyl (C=O) groups is 2. The fourth-order valence-electron chi connectivity index (χ4n) is 2.45. The summed E-state index contributed by atoms with van der Waals surface area (Å²) < 4.78 is 1.76. The zero-order chi connectivity index (χ0) is 14.7. The summed E-state index contributed by atoms with van der Waals surface area (Å²) in [6.45, 7) is 6.86. The first-order valence-electron chi connectivity index (χ1n) is 7.03. The van der Waals surface area contributed by atoms with Gasteiger partial charge in [0.1, 0.15) is 18.2 Å². The molecule has 7 nitrogen and oxygen atoms in total. The van der Waals surface area contributed by atoms with Gasteiger partial charge in [-0.15, -0.1) is 0 Å². The summed E-state index contributed by atoms with van der Waals surface area (Å²) in [5.41, 5.74) is 0. The Morgan fingerprint density at radius 3 is 2.80 bits per heavy atom. The molecule has 2 unspecified atom stereocenters. The predicted octanol–water partition coefficient (Wildman–Crippen LogP) is 0.314. The molecule has 2 amide bonds. The number of hydrogen-bond donors (Lipinski definition) is 1. The Morgan fingerprint density at radius 2 is 2.15 bits per heavy atom. The van der Waals surface area contributed by atoms with Crippen molar-refractivity contribution in [3.8, 4) is 0 Å². The summed E-state index contributed by atoms with van der Waals surface area (Å²) in [5.74, 6) is 0.630. The average Bonchev–Trinajstić information content (AvgIpc) is 2.84. The van der Waals surface area contributed by atoms with Gasteiger partial charge in [0.05, 0.1) is 6.54 Å². The predicted molar refractivity (Wildman–Crippen MR) is 72.5 cm³/mol. The number of hydrogen-bond acceptors (Lipinski definition) is 4. The van der Waals surface area contributed by atoms with Gasteiger partial charge in [-0.1, -0.05) is 6.92 Å². The van der Waals surface area contributed by atoms with Crippen LogP contribution in [0.5, 0.6) is 0 Å². The molecule has 2 rings (SSSR count). The van der Waals surface area contributed by atoms with Crippen LogP contribution < -0.4 is 5.32 Å². The van der Waals surface area contributed by atoms with Crippen LogP contribution in [-0.2, 0) is 22.7 Å². The highest BCUT2D eigenvalue weighted by Crippen LogP contribution is 2.15. The standard InChI is InChI=1S/C13H21N5O2/c1-4-10-13(20)17(9(3)6-12(19)16-10)7-11-14-8-15-18(11)5-2/h8-10H,4-7H2,1-3H3,(H,16,19). The molecule has 2 atom stereocenters. The van der Waals surface area contributed by atoms with Crippen LogP contribution in [0.25, 0.3) is 0 Å². The van der Waals surface area contributed by atoms with Crippen LogP contribution in [0.15, 0.2) is 6.33 Å². The Labute approximate surface area is 118 Å². The van der Waals surface area contributed by atoms with Crippen molar-refractivity contribution in [1.82, 2.24) is 25.0 Å². The zero-order valence-corrected chi connectivity index (χ0v) is 12.2. The third kappa shape index (κ3) is 2.81. The van der Waals surface area contributed by atoms with E-state index in [9.17, 15) is 9.59 Å². The van der Waals surface area contributed by atoms with Gasteiger partial charge in [0.2, 0.25) is 11.8 Å². The molecule has 1 N–H and O–H groups in total. The number of aromatic nitrogens is 3. The minimum absolute atomic E-state index is 0.0449. The van der Waals surface area contributed by atoms with Crippen LogP contribution >= 0.6 is 0 Å². The first kappa shape index (κ1) is 14.5. The minimum atomic E-state index is -0.439. The summed E-state index contributed by atoms with van der Waals surface area (Å²) in [6.07, 6.45) is 2.41. The van der Waals surface area contributed by atoms with Gasteiger partial charge in [0.15, 0.2) is 0 Å². The third-order valence-corrected chi connectivity index (χ3v) is 3.64. The normalized spacial score (nSPS) is 23.6. The molecule has 0 aliphatic carbocycles. The van der Waals surface area contributed by atoms with Gasteiger partial charge in [-0.2, -0.15) is 5.10 Å². The van der Waals surface area contributed by atoms with Crippen molar-refractivity contribution in [1.29, 1.82) is 0 Å². The van der Waals surface area contributed by atoms with Crippen molar-refractivity contribution in [3.63, 3.8) is 0 Å². The molecule has 0 spiro atoms. The molecule has 20 heavy (non-hydrogen) atoms. The van der Waals surface area contributed by atoms with Crippen molar-refractivity contribution < 1.29 is 9.59 Å². The van der Waals surface area contributed by atoms with Crippen molar-refractivity contribution in [2.75, 3.05) is 0 Å². The Balaban J connectivity index is 2.22. The van der Waals surface area contributed by atoms with E-state index in [0.717, 1.165) is 5.82 Å². The fraction of sp³-hybridized carbons (Fsp3) is 0.692. The first-order valence-corrected chi connectivity index (χ1v) is 7.03. The Bertz CT molecular complexity index is 499. The third-order valence-electron chi connectivity index (χ3n) is 3.64. The van der Waals surface area contributed by atoms with E-state index < -0.39 is 6.04 Å².